The van der Waals surface area contributed by atoms with Crippen LogP contribution in [0, 0.1) is 6.92 Å². The summed E-state index contributed by atoms with van der Waals surface area (Å²) in [6, 6.07) is 4.40. The summed E-state index contributed by atoms with van der Waals surface area (Å²) in [5, 5.41) is 7.98. The standard InChI is InChI=1S/C19H17F3N4O4S2/c1-10-6-14(31-9-10)17(28)26-4-5-29-8-11(26)7-23-16(27)13-3-2-12(32-13)15-24-18(30-25-15)19(20,21)22/h2-3,6,9,11H,4-5,7-8H2,1H3,(H,23,27). The summed E-state index contributed by atoms with van der Waals surface area (Å²) >= 11 is 2.31. The molecule has 3 aromatic rings. The van der Waals surface area contributed by atoms with Gasteiger partial charge in [-0.25, -0.2) is 0 Å². The highest BCUT2D eigenvalue weighted by atomic mass is 32.1. The topological polar surface area (TPSA) is 97.6 Å². The van der Waals surface area contributed by atoms with E-state index in [9.17, 15) is 22.8 Å². The Balaban J connectivity index is 1.39. The Kier molecular flexibility index (Phi) is 6.31. The summed E-state index contributed by atoms with van der Waals surface area (Å²) in [5.41, 5.74) is 1.01. The number of nitrogens with zero attached hydrogens (tertiary/aromatic N) is 3. The van der Waals surface area contributed by atoms with E-state index in [4.69, 9.17) is 4.74 Å². The average molecular weight is 486 g/mol. The van der Waals surface area contributed by atoms with Crippen molar-refractivity contribution >= 4 is 34.5 Å². The molecule has 1 aliphatic heterocycles. The normalized spacial score (nSPS) is 16.9. The van der Waals surface area contributed by atoms with Crippen LogP contribution in [0.3, 0.4) is 0 Å². The molecule has 13 heteroatoms. The summed E-state index contributed by atoms with van der Waals surface area (Å²) in [6.07, 6.45) is -4.74. The van der Waals surface area contributed by atoms with E-state index in [0.29, 0.717) is 18.0 Å². The number of carbonyl (C=O) groups is 2. The first-order valence-corrected chi connectivity index (χ1v) is 11.1. The first kappa shape index (κ1) is 22.4. The van der Waals surface area contributed by atoms with E-state index in [-0.39, 0.29) is 40.7 Å². The van der Waals surface area contributed by atoms with Gasteiger partial charge in [-0.05, 0) is 36.1 Å². The van der Waals surface area contributed by atoms with Gasteiger partial charge in [0.05, 0.1) is 33.9 Å². The summed E-state index contributed by atoms with van der Waals surface area (Å²) in [5.74, 6) is -2.23. The molecule has 1 atom stereocenters. The van der Waals surface area contributed by atoms with Crippen molar-refractivity contribution in [1.29, 1.82) is 0 Å². The number of carbonyl (C=O) groups excluding carboxylic acids is 2. The maximum Gasteiger partial charge on any atom is 0.471 e. The molecule has 4 rings (SSSR count). The fourth-order valence-electron chi connectivity index (χ4n) is 3.09. The van der Waals surface area contributed by atoms with Crippen LogP contribution in [0.15, 0.2) is 28.1 Å². The SMILES string of the molecule is Cc1csc(C(=O)N2CCOCC2CNC(=O)c2ccc(-c3noc(C(F)(F)F)n3)s2)c1. The Bertz CT molecular complexity index is 1120. The monoisotopic (exact) mass is 486 g/mol. The van der Waals surface area contributed by atoms with Crippen LogP contribution in [0.2, 0.25) is 0 Å². The van der Waals surface area contributed by atoms with Crippen molar-refractivity contribution < 1.29 is 32.0 Å². The number of aryl methyl sites for hydroxylation is 1. The molecule has 0 bridgehead atoms. The fourth-order valence-corrected chi connectivity index (χ4v) is 4.79. The second kappa shape index (κ2) is 9.00. The molecule has 2 amide bonds. The zero-order chi connectivity index (χ0) is 22.9. The third-order valence-electron chi connectivity index (χ3n) is 4.65. The van der Waals surface area contributed by atoms with Crippen molar-refractivity contribution in [3.05, 3.63) is 44.8 Å². The van der Waals surface area contributed by atoms with E-state index < -0.39 is 18.0 Å². The van der Waals surface area contributed by atoms with E-state index in [1.807, 2.05) is 18.4 Å². The second-order valence-corrected chi connectivity index (χ2v) is 9.01. The molecule has 170 valence electrons. The first-order valence-electron chi connectivity index (χ1n) is 9.45. The Labute approximate surface area is 188 Å². The van der Waals surface area contributed by atoms with Gasteiger partial charge in [-0.15, -0.1) is 22.7 Å². The molecule has 3 aromatic heterocycles. The maximum absolute atomic E-state index is 12.8. The Morgan fingerprint density at radius 2 is 2.12 bits per heavy atom. The molecular weight excluding hydrogens is 469 g/mol. The van der Waals surface area contributed by atoms with E-state index in [1.54, 1.807) is 4.90 Å². The molecule has 0 saturated carbocycles. The lowest BCUT2D eigenvalue weighted by Crippen LogP contribution is -2.53. The zero-order valence-electron chi connectivity index (χ0n) is 16.6. The van der Waals surface area contributed by atoms with Crippen LogP contribution < -0.4 is 5.32 Å². The highest BCUT2D eigenvalue weighted by molar-refractivity contribution is 7.17. The predicted octanol–water partition coefficient (Wildman–Crippen LogP) is 3.46. The number of aromatic nitrogens is 2. The summed E-state index contributed by atoms with van der Waals surface area (Å²) in [4.78, 5) is 31.6. The van der Waals surface area contributed by atoms with Gasteiger partial charge < -0.3 is 19.5 Å². The molecule has 8 nitrogen and oxygen atoms in total. The molecule has 1 aliphatic rings. The van der Waals surface area contributed by atoms with E-state index in [2.05, 4.69) is 20.0 Å². The highest BCUT2D eigenvalue weighted by Crippen LogP contribution is 2.31. The third-order valence-corrected chi connectivity index (χ3v) is 6.76. The molecule has 0 radical (unpaired) electrons. The Hall–Kier alpha value is -2.77. The highest BCUT2D eigenvalue weighted by Gasteiger charge is 2.38. The fraction of sp³-hybridized carbons (Fsp3) is 0.368. The van der Waals surface area contributed by atoms with Gasteiger partial charge in [0.1, 0.15) is 0 Å². The van der Waals surface area contributed by atoms with Crippen LogP contribution >= 0.6 is 22.7 Å². The largest absolute Gasteiger partial charge is 0.471 e. The van der Waals surface area contributed by atoms with Crippen LogP contribution in [-0.2, 0) is 10.9 Å². The van der Waals surface area contributed by atoms with Crippen LogP contribution in [0.25, 0.3) is 10.7 Å². The predicted molar refractivity (Wildman–Crippen MR) is 110 cm³/mol. The van der Waals surface area contributed by atoms with Crippen LogP contribution in [0.5, 0.6) is 0 Å². The van der Waals surface area contributed by atoms with Crippen LogP contribution in [0.1, 0.15) is 30.8 Å². The van der Waals surface area contributed by atoms with E-state index in [1.165, 1.54) is 23.5 Å². The number of nitrogens with one attached hydrogen (secondary N) is 1. The number of ether oxygens (including phenoxy) is 1. The van der Waals surface area contributed by atoms with Crippen molar-refractivity contribution in [2.24, 2.45) is 0 Å². The van der Waals surface area contributed by atoms with Gasteiger partial charge in [0.2, 0.25) is 5.82 Å². The average Bonchev–Trinajstić information content (AvgIpc) is 3.51. The number of hydrogen-bond donors (Lipinski definition) is 1. The van der Waals surface area contributed by atoms with Gasteiger partial charge in [-0.1, -0.05) is 5.16 Å². The van der Waals surface area contributed by atoms with Crippen molar-refractivity contribution in [3.8, 4) is 10.7 Å². The van der Waals surface area contributed by atoms with Crippen molar-refractivity contribution in [1.82, 2.24) is 20.4 Å². The number of morpholine rings is 1. The molecule has 1 fully saturated rings. The lowest BCUT2D eigenvalue weighted by atomic mass is 10.2. The second-order valence-electron chi connectivity index (χ2n) is 7.01. The van der Waals surface area contributed by atoms with Crippen LogP contribution in [-0.4, -0.2) is 59.2 Å². The minimum atomic E-state index is -4.74. The molecule has 1 N–H and O–H groups in total. The molecule has 1 unspecified atom stereocenters. The molecule has 32 heavy (non-hydrogen) atoms. The molecule has 0 aliphatic carbocycles. The molecule has 1 saturated heterocycles. The van der Waals surface area contributed by atoms with E-state index >= 15 is 0 Å². The number of amides is 2. The maximum atomic E-state index is 12.8. The summed E-state index contributed by atoms with van der Waals surface area (Å²) in [6.45, 7) is 3.20. The summed E-state index contributed by atoms with van der Waals surface area (Å²) in [7, 11) is 0. The third kappa shape index (κ3) is 4.84. The molecule has 4 heterocycles. The lowest BCUT2D eigenvalue weighted by Gasteiger charge is -2.35. The zero-order valence-corrected chi connectivity index (χ0v) is 18.3. The number of thiophene rings is 2. The van der Waals surface area contributed by atoms with Gasteiger partial charge in [0.25, 0.3) is 11.8 Å². The lowest BCUT2D eigenvalue weighted by molar-refractivity contribution is -0.159. The van der Waals surface area contributed by atoms with Gasteiger partial charge in [0, 0.05) is 13.1 Å². The minimum Gasteiger partial charge on any atom is -0.377 e. The first-order chi connectivity index (χ1) is 15.2. The molecule has 0 spiro atoms. The van der Waals surface area contributed by atoms with Crippen molar-refractivity contribution in [2.45, 2.75) is 19.1 Å². The van der Waals surface area contributed by atoms with Crippen molar-refractivity contribution in [3.63, 3.8) is 0 Å². The van der Waals surface area contributed by atoms with Gasteiger partial charge in [-0.2, -0.15) is 18.2 Å². The number of rotatable bonds is 5. The van der Waals surface area contributed by atoms with Crippen molar-refractivity contribution in [2.75, 3.05) is 26.3 Å². The Morgan fingerprint density at radius 1 is 1.31 bits per heavy atom. The number of hydrogen-bond acceptors (Lipinski definition) is 8. The van der Waals surface area contributed by atoms with Gasteiger partial charge in [0.15, 0.2) is 0 Å². The van der Waals surface area contributed by atoms with Gasteiger partial charge in [-0.3, -0.25) is 9.59 Å². The molecule has 0 aromatic carbocycles. The number of alkyl halides is 3. The Morgan fingerprint density at radius 3 is 2.81 bits per heavy atom. The van der Waals surface area contributed by atoms with Crippen LogP contribution in [0.4, 0.5) is 13.2 Å². The quantitative estimate of drug-likeness (QED) is 0.593. The molecular formula is C19H17F3N4O4S2. The minimum absolute atomic E-state index is 0.110. The smallest absolute Gasteiger partial charge is 0.377 e. The van der Waals surface area contributed by atoms with E-state index in [0.717, 1.165) is 16.9 Å². The van der Waals surface area contributed by atoms with Gasteiger partial charge >= 0.3 is 12.1 Å². The number of halogens is 3. The summed E-state index contributed by atoms with van der Waals surface area (Å²) < 4.78 is 47.6.